The fourth-order valence-electron chi connectivity index (χ4n) is 2.79. The van der Waals surface area contributed by atoms with E-state index < -0.39 is 16.9 Å². The smallest absolute Gasteiger partial charge is 0.317 e. The standard InChI is InChI=1S/C15H16FN3O3/c16-10-4-5-12-11(8-10)17-14(21)15(22)19(12)9-13(20)18-6-2-1-3-7-18/h4-5,8H,1-3,6-7,9H2,(H,17,21). The molecule has 0 saturated carbocycles. The second-order valence-corrected chi connectivity index (χ2v) is 5.45. The monoisotopic (exact) mass is 305 g/mol. The second-order valence-electron chi connectivity index (χ2n) is 5.45. The van der Waals surface area contributed by atoms with Crippen LogP contribution in [0.15, 0.2) is 27.8 Å². The lowest BCUT2D eigenvalue weighted by Crippen LogP contribution is -2.43. The van der Waals surface area contributed by atoms with E-state index in [1.807, 2.05) is 0 Å². The first-order valence-corrected chi connectivity index (χ1v) is 7.26. The fourth-order valence-corrected chi connectivity index (χ4v) is 2.79. The van der Waals surface area contributed by atoms with Crippen LogP contribution in [-0.2, 0) is 11.3 Å². The largest absolute Gasteiger partial charge is 0.341 e. The first-order chi connectivity index (χ1) is 10.6. The van der Waals surface area contributed by atoms with E-state index in [2.05, 4.69) is 4.98 Å². The summed E-state index contributed by atoms with van der Waals surface area (Å²) in [5, 5.41) is 0. The Balaban J connectivity index is 2.02. The Morgan fingerprint density at radius 1 is 1.18 bits per heavy atom. The number of carbonyl (C=O) groups is 1. The maximum absolute atomic E-state index is 13.3. The van der Waals surface area contributed by atoms with Gasteiger partial charge in [-0.05, 0) is 37.5 Å². The molecular weight excluding hydrogens is 289 g/mol. The summed E-state index contributed by atoms with van der Waals surface area (Å²) in [6, 6.07) is 3.73. The number of H-pyrrole nitrogens is 1. The zero-order chi connectivity index (χ0) is 15.7. The zero-order valence-electron chi connectivity index (χ0n) is 12.0. The first-order valence-electron chi connectivity index (χ1n) is 7.26. The molecule has 1 amide bonds. The predicted octanol–water partition coefficient (Wildman–Crippen LogP) is 0.841. The Kier molecular flexibility index (Phi) is 3.79. The average Bonchev–Trinajstić information content (AvgIpc) is 2.52. The molecule has 22 heavy (non-hydrogen) atoms. The van der Waals surface area contributed by atoms with Crippen LogP contribution in [0.25, 0.3) is 11.0 Å². The van der Waals surface area contributed by atoms with Crippen molar-refractivity contribution in [3.05, 3.63) is 44.7 Å². The van der Waals surface area contributed by atoms with Crippen molar-refractivity contribution in [3.63, 3.8) is 0 Å². The molecule has 1 fully saturated rings. The van der Waals surface area contributed by atoms with Crippen molar-refractivity contribution in [2.24, 2.45) is 0 Å². The highest BCUT2D eigenvalue weighted by Gasteiger charge is 2.19. The number of hydrogen-bond donors (Lipinski definition) is 1. The summed E-state index contributed by atoms with van der Waals surface area (Å²) < 4.78 is 14.4. The molecule has 0 aliphatic carbocycles. The van der Waals surface area contributed by atoms with Crippen molar-refractivity contribution < 1.29 is 9.18 Å². The van der Waals surface area contributed by atoms with Crippen LogP contribution in [0, 0.1) is 5.82 Å². The highest BCUT2D eigenvalue weighted by Crippen LogP contribution is 2.12. The fraction of sp³-hybridized carbons (Fsp3) is 0.400. The number of nitrogens with zero attached hydrogens (tertiary/aromatic N) is 2. The Labute approximate surface area is 125 Å². The minimum atomic E-state index is -0.857. The molecule has 116 valence electrons. The van der Waals surface area contributed by atoms with Crippen LogP contribution in [-0.4, -0.2) is 33.4 Å². The van der Waals surface area contributed by atoms with E-state index in [-0.39, 0.29) is 18.0 Å². The number of piperidine rings is 1. The summed E-state index contributed by atoms with van der Waals surface area (Å²) in [6.45, 7) is 1.14. The van der Waals surface area contributed by atoms with Crippen LogP contribution in [0.1, 0.15) is 19.3 Å². The average molecular weight is 305 g/mol. The van der Waals surface area contributed by atoms with Crippen molar-refractivity contribution in [1.82, 2.24) is 14.5 Å². The van der Waals surface area contributed by atoms with E-state index in [1.54, 1.807) is 4.90 Å². The SMILES string of the molecule is O=C(Cn1c(=O)c(=O)[nH]c2cc(F)ccc21)N1CCCCC1. The van der Waals surface area contributed by atoms with E-state index >= 15 is 0 Å². The summed E-state index contributed by atoms with van der Waals surface area (Å²) in [6.07, 6.45) is 2.99. The van der Waals surface area contributed by atoms with Crippen LogP contribution in [0.2, 0.25) is 0 Å². The first kappa shape index (κ1) is 14.5. The van der Waals surface area contributed by atoms with Gasteiger partial charge < -0.3 is 9.88 Å². The molecule has 1 aliphatic rings. The van der Waals surface area contributed by atoms with Gasteiger partial charge >= 0.3 is 11.1 Å². The lowest BCUT2D eigenvalue weighted by Gasteiger charge is -2.27. The zero-order valence-corrected chi connectivity index (χ0v) is 12.0. The van der Waals surface area contributed by atoms with Gasteiger partial charge in [-0.3, -0.25) is 19.0 Å². The van der Waals surface area contributed by atoms with E-state index in [9.17, 15) is 18.8 Å². The summed E-state index contributed by atoms with van der Waals surface area (Å²) in [5.74, 6) is -0.714. The van der Waals surface area contributed by atoms with Gasteiger partial charge in [0.25, 0.3) is 0 Å². The van der Waals surface area contributed by atoms with Gasteiger partial charge in [-0.25, -0.2) is 4.39 Å². The Hall–Kier alpha value is -2.44. The number of fused-ring (bicyclic) bond motifs is 1. The number of nitrogens with one attached hydrogen (secondary N) is 1. The summed E-state index contributed by atoms with van der Waals surface area (Å²) in [7, 11) is 0. The van der Waals surface area contributed by atoms with Gasteiger partial charge in [0, 0.05) is 13.1 Å². The van der Waals surface area contributed by atoms with Crippen LogP contribution in [0.3, 0.4) is 0 Å². The summed E-state index contributed by atoms with van der Waals surface area (Å²) >= 11 is 0. The van der Waals surface area contributed by atoms with Crippen LogP contribution in [0.4, 0.5) is 4.39 Å². The van der Waals surface area contributed by atoms with Crippen LogP contribution >= 0.6 is 0 Å². The van der Waals surface area contributed by atoms with Gasteiger partial charge in [0.15, 0.2) is 0 Å². The Bertz CT molecular complexity index is 834. The number of hydrogen-bond acceptors (Lipinski definition) is 3. The number of rotatable bonds is 2. The van der Waals surface area contributed by atoms with Gasteiger partial charge in [0.1, 0.15) is 12.4 Å². The summed E-state index contributed by atoms with van der Waals surface area (Å²) in [5.41, 5.74) is -1.11. The minimum absolute atomic E-state index is 0.196. The molecule has 7 heteroatoms. The van der Waals surface area contributed by atoms with Crippen molar-refractivity contribution in [1.29, 1.82) is 0 Å². The lowest BCUT2D eigenvalue weighted by molar-refractivity contribution is -0.132. The molecule has 2 aromatic rings. The molecule has 1 saturated heterocycles. The number of likely N-dealkylation sites (tertiary alicyclic amines) is 1. The number of aromatic nitrogens is 2. The van der Waals surface area contributed by atoms with Crippen molar-refractivity contribution in [3.8, 4) is 0 Å². The maximum atomic E-state index is 13.3. The highest BCUT2D eigenvalue weighted by atomic mass is 19.1. The van der Waals surface area contributed by atoms with Gasteiger partial charge in [-0.15, -0.1) is 0 Å². The number of carbonyl (C=O) groups excluding carboxylic acids is 1. The second kappa shape index (κ2) is 5.75. The molecule has 0 radical (unpaired) electrons. The highest BCUT2D eigenvalue weighted by molar-refractivity contribution is 5.80. The Morgan fingerprint density at radius 2 is 1.91 bits per heavy atom. The Morgan fingerprint density at radius 3 is 2.64 bits per heavy atom. The van der Waals surface area contributed by atoms with Crippen molar-refractivity contribution in [2.45, 2.75) is 25.8 Å². The van der Waals surface area contributed by atoms with Gasteiger partial charge in [0.05, 0.1) is 11.0 Å². The predicted molar refractivity (Wildman–Crippen MR) is 79.2 cm³/mol. The molecule has 1 N–H and O–H groups in total. The van der Waals surface area contributed by atoms with Crippen LogP contribution in [0.5, 0.6) is 0 Å². The quantitative estimate of drug-likeness (QED) is 0.836. The van der Waals surface area contributed by atoms with E-state index in [4.69, 9.17) is 0 Å². The number of benzene rings is 1. The number of aromatic amines is 1. The molecule has 1 aromatic heterocycles. The molecule has 3 rings (SSSR count). The van der Waals surface area contributed by atoms with Crippen LogP contribution < -0.4 is 11.1 Å². The normalized spacial score (nSPS) is 15.2. The molecule has 0 bridgehead atoms. The van der Waals surface area contributed by atoms with Gasteiger partial charge in [0.2, 0.25) is 5.91 Å². The van der Waals surface area contributed by atoms with Gasteiger partial charge in [-0.1, -0.05) is 0 Å². The number of halogens is 1. The maximum Gasteiger partial charge on any atom is 0.317 e. The molecule has 0 spiro atoms. The lowest BCUT2D eigenvalue weighted by atomic mass is 10.1. The van der Waals surface area contributed by atoms with E-state index in [1.165, 1.54) is 12.1 Å². The third kappa shape index (κ3) is 2.66. The molecule has 0 atom stereocenters. The topological polar surface area (TPSA) is 75.2 Å². The van der Waals surface area contributed by atoms with Crippen molar-refractivity contribution >= 4 is 16.9 Å². The molecule has 1 aliphatic heterocycles. The van der Waals surface area contributed by atoms with Crippen molar-refractivity contribution in [2.75, 3.05) is 13.1 Å². The molecule has 6 nitrogen and oxygen atoms in total. The minimum Gasteiger partial charge on any atom is -0.341 e. The third-order valence-corrected chi connectivity index (χ3v) is 3.94. The molecular formula is C15H16FN3O3. The molecule has 1 aromatic carbocycles. The third-order valence-electron chi connectivity index (χ3n) is 3.94. The van der Waals surface area contributed by atoms with E-state index in [0.29, 0.717) is 18.6 Å². The molecule has 2 heterocycles. The summed E-state index contributed by atoms with van der Waals surface area (Å²) in [4.78, 5) is 40.1. The number of amides is 1. The van der Waals surface area contributed by atoms with E-state index in [0.717, 1.165) is 29.9 Å². The molecule has 0 unspecified atom stereocenters. The van der Waals surface area contributed by atoms with Gasteiger partial charge in [-0.2, -0.15) is 0 Å².